The van der Waals surface area contributed by atoms with Crippen LogP contribution in [0, 0.1) is 0 Å². The second-order valence-corrected chi connectivity index (χ2v) is 8.98. The van der Waals surface area contributed by atoms with Crippen LogP contribution in [0.3, 0.4) is 0 Å². The molecular formula is C15H11ClF3N5O4S2. The number of aryl methyl sites for hydroxylation is 1. The highest BCUT2D eigenvalue weighted by Gasteiger charge is 2.41. The number of aromatic nitrogens is 4. The predicted octanol–water partition coefficient (Wildman–Crippen LogP) is 2.62. The molecule has 0 radical (unpaired) electrons. The molecule has 2 heterocycles. The van der Waals surface area contributed by atoms with Crippen LogP contribution >= 0.6 is 22.9 Å². The van der Waals surface area contributed by atoms with Gasteiger partial charge in [0.2, 0.25) is 0 Å². The molecule has 9 nitrogen and oxygen atoms in total. The summed E-state index contributed by atoms with van der Waals surface area (Å²) in [5.74, 6) is -1.40. The fraction of sp³-hybridized carbons (Fsp3) is 0.200. The molecule has 0 saturated heterocycles. The number of benzene rings is 1. The van der Waals surface area contributed by atoms with Gasteiger partial charge < -0.3 is 5.73 Å². The van der Waals surface area contributed by atoms with E-state index in [-0.39, 0.29) is 11.6 Å². The molecule has 0 fully saturated rings. The number of primary amides is 1. The van der Waals surface area contributed by atoms with Crippen LogP contribution in [-0.2, 0) is 34.1 Å². The maximum absolute atomic E-state index is 13.2. The van der Waals surface area contributed by atoms with Crippen LogP contribution in [0.15, 0.2) is 28.6 Å². The Hall–Kier alpha value is -2.55. The lowest BCUT2D eigenvalue weighted by Crippen LogP contribution is -2.18. The first kappa shape index (κ1) is 22.1. The first-order valence-corrected chi connectivity index (χ1v) is 10.4. The van der Waals surface area contributed by atoms with Crippen molar-refractivity contribution in [3.63, 3.8) is 0 Å². The van der Waals surface area contributed by atoms with E-state index in [1.165, 1.54) is 6.07 Å². The fourth-order valence-corrected chi connectivity index (χ4v) is 4.63. The van der Waals surface area contributed by atoms with Gasteiger partial charge in [0.1, 0.15) is 11.3 Å². The van der Waals surface area contributed by atoms with Crippen LogP contribution in [0.25, 0.3) is 10.7 Å². The van der Waals surface area contributed by atoms with Gasteiger partial charge in [-0.1, -0.05) is 35.1 Å². The number of hydrogen-bond acceptors (Lipinski definition) is 8. The fourth-order valence-electron chi connectivity index (χ4n) is 2.43. The molecule has 0 aliphatic carbocycles. The summed E-state index contributed by atoms with van der Waals surface area (Å²) in [5.41, 5.74) is 2.69. The molecule has 1 aromatic carbocycles. The van der Waals surface area contributed by atoms with Crippen molar-refractivity contribution in [2.24, 2.45) is 12.8 Å². The molecular weight excluding hydrogens is 471 g/mol. The van der Waals surface area contributed by atoms with Crippen molar-refractivity contribution < 1.29 is 30.6 Å². The van der Waals surface area contributed by atoms with E-state index in [9.17, 15) is 26.4 Å². The average Bonchev–Trinajstić information content (AvgIpc) is 3.24. The third-order valence-electron chi connectivity index (χ3n) is 3.65. The average molecular weight is 482 g/mol. The Bertz CT molecular complexity index is 1220. The van der Waals surface area contributed by atoms with E-state index in [1.54, 1.807) is 18.2 Å². The monoisotopic (exact) mass is 481 g/mol. The van der Waals surface area contributed by atoms with Gasteiger partial charge in [0.05, 0.1) is 6.61 Å². The van der Waals surface area contributed by atoms with Crippen molar-refractivity contribution in [3.05, 3.63) is 46.1 Å². The van der Waals surface area contributed by atoms with Gasteiger partial charge in [0, 0.05) is 12.1 Å². The maximum atomic E-state index is 13.2. The van der Waals surface area contributed by atoms with Gasteiger partial charge >= 0.3 is 16.3 Å². The molecule has 0 saturated carbocycles. The minimum absolute atomic E-state index is 0.306. The number of nitrogens with zero attached hydrogens (tertiary/aromatic N) is 4. The topological polar surface area (TPSA) is 130 Å². The summed E-state index contributed by atoms with van der Waals surface area (Å²) in [7, 11) is -3.27. The van der Waals surface area contributed by atoms with Gasteiger partial charge in [-0.25, -0.2) is 0 Å². The third-order valence-corrected chi connectivity index (χ3v) is 6.41. The highest BCUT2D eigenvalue weighted by atomic mass is 35.5. The standard InChI is InChI=1S/C15H11ClF3N5O4S2/c1-24-10(9(12(20)25)11(23-24)15(17,18)19)13-21-22-14(29-13)30(26,27)28-6-7-3-2-4-8(16)5-7/h2-5H,6H2,1H3,(H2,20,25). The smallest absolute Gasteiger partial charge is 0.365 e. The van der Waals surface area contributed by atoms with Crippen LogP contribution in [0.1, 0.15) is 21.6 Å². The Morgan fingerprint density at radius 1 is 1.33 bits per heavy atom. The van der Waals surface area contributed by atoms with Crippen LogP contribution in [0.4, 0.5) is 13.2 Å². The summed E-state index contributed by atoms with van der Waals surface area (Å²) < 4.78 is 69.2. The molecule has 0 spiro atoms. The molecule has 0 aliphatic rings. The molecule has 0 unspecified atom stereocenters. The molecule has 160 valence electrons. The van der Waals surface area contributed by atoms with Gasteiger partial charge in [-0.15, -0.1) is 10.2 Å². The van der Waals surface area contributed by atoms with Gasteiger partial charge in [-0.2, -0.15) is 26.7 Å². The zero-order valence-electron chi connectivity index (χ0n) is 14.8. The Kier molecular flexibility index (Phi) is 5.86. The van der Waals surface area contributed by atoms with Crippen LogP contribution in [0.2, 0.25) is 5.02 Å². The molecule has 3 aromatic rings. The highest BCUT2D eigenvalue weighted by Crippen LogP contribution is 2.37. The molecule has 1 amide bonds. The summed E-state index contributed by atoms with van der Waals surface area (Å²) in [6, 6.07) is 6.27. The van der Waals surface area contributed by atoms with Crippen LogP contribution in [-0.4, -0.2) is 34.3 Å². The Morgan fingerprint density at radius 3 is 2.63 bits per heavy atom. The maximum Gasteiger partial charge on any atom is 0.435 e. The second kappa shape index (κ2) is 7.94. The zero-order valence-corrected chi connectivity index (χ0v) is 17.2. The first-order chi connectivity index (χ1) is 13.9. The van der Waals surface area contributed by atoms with E-state index in [2.05, 4.69) is 15.3 Å². The lowest BCUT2D eigenvalue weighted by molar-refractivity contribution is -0.141. The Morgan fingerprint density at radius 2 is 2.03 bits per heavy atom. The summed E-state index contributed by atoms with van der Waals surface area (Å²) in [6.45, 7) is -0.353. The number of amides is 1. The second-order valence-electron chi connectivity index (χ2n) is 5.78. The van der Waals surface area contributed by atoms with Crippen molar-refractivity contribution >= 4 is 39.0 Å². The molecule has 2 aromatic heterocycles. The molecule has 0 aliphatic heterocycles. The van der Waals surface area contributed by atoms with Crippen LogP contribution < -0.4 is 5.73 Å². The normalized spacial score (nSPS) is 12.3. The van der Waals surface area contributed by atoms with E-state index >= 15 is 0 Å². The van der Waals surface area contributed by atoms with Crippen molar-refractivity contribution in [1.29, 1.82) is 0 Å². The minimum Gasteiger partial charge on any atom is -0.365 e. The number of alkyl halides is 3. The van der Waals surface area contributed by atoms with Crippen molar-refractivity contribution in [3.8, 4) is 10.7 Å². The quantitative estimate of drug-likeness (QED) is 0.535. The van der Waals surface area contributed by atoms with Gasteiger partial charge in [-0.3, -0.25) is 13.7 Å². The van der Waals surface area contributed by atoms with E-state index < -0.39 is 43.5 Å². The summed E-state index contributed by atoms with van der Waals surface area (Å²) in [6.07, 6.45) is -4.96. The zero-order chi connectivity index (χ0) is 22.3. The number of halogens is 4. The van der Waals surface area contributed by atoms with E-state index in [1.807, 2.05) is 0 Å². The summed E-state index contributed by atoms with van der Waals surface area (Å²) in [5, 5.41) is 10.4. The Labute approximate surface area is 176 Å². The third kappa shape index (κ3) is 4.45. The van der Waals surface area contributed by atoms with Crippen LogP contribution in [0.5, 0.6) is 0 Å². The molecule has 30 heavy (non-hydrogen) atoms. The van der Waals surface area contributed by atoms with Gasteiger partial charge in [0.15, 0.2) is 10.7 Å². The first-order valence-electron chi connectivity index (χ1n) is 7.82. The van der Waals surface area contributed by atoms with Crippen molar-refractivity contribution in [2.45, 2.75) is 17.1 Å². The minimum atomic E-state index is -4.96. The molecule has 15 heteroatoms. The SMILES string of the molecule is Cn1nc(C(F)(F)F)c(C(N)=O)c1-c1nnc(S(=O)(=O)OCc2cccc(Cl)c2)s1. The van der Waals surface area contributed by atoms with Gasteiger partial charge in [-0.05, 0) is 17.7 Å². The summed E-state index contributed by atoms with van der Waals surface area (Å²) >= 11 is 6.22. The molecule has 0 bridgehead atoms. The summed E-state index contributed by atoms with van der Waals surface area (Å²) in [4.78, 5) is 11.6. The Balaban J connectivity index is 1.95. The number of nitrogens with two attached hydrogens (primary N) is 1. The number of carbonyl (C=O) groups excluding carboxylic acids is 1. The van der Waals surface area contributed by atoms with E-state index in [4.69, 9.17) is 21.5 Å². The molecule has 0 atom stereocenters. The van der Waals surface area contributed by atoms with E-state index in [0.717, 1.165) is 11.7 Å². The molecule has 2 N–H and O–H groups in total. The predicted molar refractivity (Wildman–Crippen MR) is 99.1 cm³/mol. The van der Waals surface area contributed by atoms with Gasteiger partial charge in [0.25, 0.3) is 10.2 Å². The van der Waals surface area contributed by atoms with E-state index in [0.29, 0.717) is 21.9 Å². The van der Waals surface area contributed by atoms with Crippen molar-refractivity contribution in [2.75, 3.05) is 0 Å². The molecule has 3 rings (SSSR count). The number of hydrogen-bond donors (Lipinski definition) is 1. The van der Waals surface area contributed by atoms with Crippen molar-refractivity contribution in [1.82, 2.24) is 20.0 Å². The lowest BCUT2D eigenvalue weighted by atomic mass is 10.1. The lowest BCUT2D eigenvalue weighted by Gasteiger charge is -2.04. The highest BCUT2D eigenvalue weighted by molar-refractivity contribution is 7.88. The number of carbonyl (C=O) groups is 1. The largest absolute Gasteiger partial charge is 0.435 e. The number of rotatable bonds is 6.